The van der Waals surface area contributed by atoms with Crippen LogP contribution in [-0.2, 0) is 0 Å². The van der Waals surface area contributed by atoms with Gasteiger partial charge in [-0.15, -0.1) is 5.75 Å². The molecule has 3 aromatic rings. The predicted octanol–water partition coefficient (Wildman–Crippen LogP) is 2.55. The van der Waals surface area contributed by atoms with E-state index in [0.29, 0.717) is 22.5 Å². The van der Waals surface area contributed by atoms with Crippen molar-refractivity contribution < 1.29 is 5.11 Å². The van der Waals surface area contributed by atoms with Gasteiger partial charge in [0, 0.05) is 6.21 Å². The van der Waals surface area contributed by atoms with E-state index in [-0.39, 0.29) is 5.75 Å². The maximum Gasteiger partial charge on any atom is 0.182 e. The second kappa shape index (κ2) is 7.88. The van der Waals surface area contributed by atoms with E-state index in [4.69, 9.17) is 0 Å². The number of nitrogens with one attached hydrogen (secondary N) is 1. The molecular formula is C15H17N5OSn. The maximum absolute atomic E-state index is 11.5. The molecule has 0 bridgehead atoms. The summed E-state index contributed by atoms with van der Waals surface area (Å²) in [7, 11) is 0. The number of benzene rings is 1. The third-order valence-electron chi connectivity index (χ3n) is 2.45. The van der Waals surface area contributed by atoms with Gasteiger partial charge in [0.2, 0.25) is 0 Å². The van der Waals surface area contributed by atoms with Gasteiger partial charge in [-0.1, -0.05) is 24.3 Å². The maximum atomic E-state index is 11.5. The number of aromatic amines is 1. The number of imidazole rings is 1. The van der Waals surface area contributed by atoms with Crippen molar-refractivity contribution in [1.29, 1.82) is 0 Å². The van der Waals surface area contributed by atoms with E-state index in [1.54, 1.807) is 18.2 Å². The van der Waals surface area contributed by atoms with Gasteiger partial charge in [-0.25, -0.2) is 19.9 Å². The Balaban J connectivity index is 0.000000396. The summed E-state index contributed by atoms with van der Waals surface area (Å²) in [6.07, 6.45) is 4.41. The molecule has 7 heteroatoms. The number of hydrogen-bond donors (Lipinski definition) is 1. The van der Waals surface area contributed by atoms with E-state index >= 15 is 0 Å². The Labute approximate surface area is 136 Å². The van der Waals surface area contributed by atoms with Crippen LogP contribution in [0.1, 0.15) is 5.56 Å². The molecule has 6 nitrogen and oxygen atoms in total. The van der Waals surface area contributed by atoms with E-state index in [1.807, 2.05) is 0 Å². The monoisotopic (exact) mass is 403 g/mol. The van der Waals surface area contributed by atoms with E-state index in [9.17, 15) is 5.11 Å². The molecule has 22 heavy (non-hydrogen) atoms. The Morgan fingerprint density at radius 2 is 1.86 bits per heavy atom. The molecule has 0 radical (unpaired) electrons. The van der Waals surface area contributed by atoms with Gasteiger partial charge in [0.1, 0.15) is 11.8 Å². The van der Waals surface area contributed by atoms with Crippen LogP contribution in [0.25, 0.3) is 11.2 Å². The zero-order chi connectivity index (χ0) is 15.9. The van der Waals surface area contributed by atoms with E-state index in [2.05, 4.69) is 39.7 Å². The van der Waals surface area contributed by atoms with Crippen LogP contribution in [0.4, 0.5) is 5.82 Å². The van der Waals surface area contributed by atoms with Crippen LogP contribution in [0.15, 0.2) is 41.9 Å². The molecule has 0 saturated carbocycles. The SMILES string of the molecule is [CH3][Sn+]([CH3])[CH3].[O-]c1ccccc1C=Nc1ncnc2nc[nH]c12. The third-order valence-corrected chi connectivity index (χ3v) is 2.45. The molecule has 0 saturated heterocycles. The molecule has 0 aliphatic rings. The smallest absolute Gasteiger partial charge is 0.182 e. The fraction of sp³-hybridized carbons (Fsp3) is 0.200. The molecule has 0 atom stereocenters. The molecule has 1 aromatic carbocycles. The van der Waals surface area contributed by atoms with Gasteiger partial charge in [0.15, 0.2) is 11.5 Å². The molecule has 0 fully saturated rings. The van der Waals surface area contributed by atoms with Crippen LogP contribution in [0, 0.1) is 0 Å². The first kappa shape index (κ1) is 16.4. The van der Waals surface area contributed by atoms with Crippen LogP contribution < -0.4 is 5.11 Å². The van der Waals surface area contributed by atoms with Gasteiger partial charge < -0.3 is 10.1 Å². The van der Waals surface area contributed by atoms with Crippen LogP contribution in [-0.4, -0.2) is 45.9 Å². The van der Waals surface area contributed by atoms with E-state index in [0.717, 1.165) is 0 Å². The quantitative estimate of drug-likeness (QED) is 0.527. The Kier molecular flexibility index (Phi) is 5.88. The molecule has 112 valence electrons. The van der Waals surface area contributed by atoms with Gasteiger partial charge in [0.05, 0.1) is 6.33 Å². The number of para-hydroxylation sites is 1. The van der Waals surface area contributed by atoms with Gasteiger partial charge in [0.25, 0.3) is 0 Å². The van der Waals surface area contributed by atoms with Crippen LogP contribution in [0.5, 0.6) is 5.75 Å². The normalized spacial score (nSPS) is 10.5. The summed E-state index contributed by atoms with van der Waals surface area (Å²) < 4.78 is 0. The minimum atomic E-state index is -0.543. The van der Waals surface area contributed by atoms with Crippen LogP contribution in [0.2, 0.25) is 14.8 Å². The number of hydrogen-bond acceptors (Lipinski definition) is 5. The summed E-state index contributed by atoms with van der Waals surface area (Å²) >= 11 is -0.543. The minimum Gasteiger partial charge on any atom is -0.872 e. The summed E-state index contributed by atoms with van der Waals surface area (Å²) in [6.45, 7) is 0. The number of fused-ring (bicyclic) bond motifs is 1. The van der Waals surface area contributed by atoms with Gasteiger partial charge in [-0.05, 0) is 5.56 Å². The Bertz CT molecular complexity index is 766. The van der Waals surface area contributed by atoms with Gasteiger partial charge in [-0.3, -0.25) is 0 Å². The number of aromatic nitrogens is 4. The average molecular weight is 402 g/mol. The molecule has 3 rings (SSSR count). The Morgan fingerprint density at radius 1 is 1.14 bits per heavy atom. The molecule has 2 aromatic heterocycles. The molecule has 0 aliphatic carbocycles. The zero-order valence-corrected chi connectivity index (χ0v) is 15.6. The van der Waals surface area contributed by atoms with E-state index < -0.39 is 19.8 Å². The van der Waals surface area contributed by atoms with Crippen molar-refractivity contribution in [3.63, 3.8) is 0 Å². The molecule has 0 unspecified atom stereocenters. The molecule has 2 heterocycles. The standard InChI is InChI=1S/C12H9N5O.3CH3.Sn/c18-9-4-2-1-3-8(9)5-13-11-10-12(15-6-14-10)17-7-16-11;;;;/h1-7,18H,(H,14,15,16,17);3*1H3;/q;;;;+1/p-1. The summed E-state index contributed by atoms with van der Waals surface area (Å²) in [6, 6.07) is 6.68. The van der Waals surface area contributed by atoms with Gasteiger partial charge >= 0.3 is 34.6 Å². The number of H-pyrrole nitrogens is 1. The zero-order valence-electron chi connectivity index (χ0n) is 12.7. The average Bonchev–Trinajstić information content (AvgIpc) is 2.95. The fourth-order valence-corrected chi connectivity index (χ4v) is 1.57. The summed E-state index contributed by atoms with van der Waals surface area (Å²) in [5, 5.41) is 11.5. The van der Waals surface area contributed by atoms with Crippen molar-refractivity contribution in [3.05, 3.63) is 42.5 Å². The van der Waals surface area contributed by atoms with Crippen molar-refractivity contribution in [2.24, 2.45) is 4.99 Å². The van der Waals surface area contributed by atoms with Crippen molar-refractivity contribution in [2.45, 2.75) is 14.8 Å². The molecule has 0 amide bonds. The fourth-order valence-electron chi connectivity index (χ4n) is 1.57. The number of rotatable bonds is 2. The molecule has 0 spiro atoms. The van der Waals surface area contributed by atoms with Crippen molar-refractivity contribution in [3.8, 4) is 5.75 Å². The Morgan fingerprint density at radius 3 is 2.59 bits per heavy atom. The van der Waals surface area contributed by atoms with Gasteiger partial charge in [-0.2, -0.15) is 0 Å². The number of nitrogens with zero attached hydrogens (tertiary/aromatic N) is 4. The van der Waals surface area contributed by atoms with Crippen LogP contribution >= 0.6 is 0 Å². The number of aliphatic imine (C=N–C) groups is 1. The van der Waals surface area contributed by atoms with Crippen molar-refractivity contribution in [2.75, 3.05) is 0 Å². The molecule has 1 N–H and O–H groups in total. The second-order valence-electron chi connectivity index (χ2n) is 5.09. The first-order valence-electron chi connectivity index (χ1n) is 6.79. The topological polar surface area (TPSA) is 89.9 Å². The van der Waals surface area contributed by atoms with Crippen LogP contribution in [0.3, 0.4) is 0 Å². The molecule has 0 aliphatic heterocycles. The van der Waals surface area contributed by atoms with Crippen molar-refractivity contribution >= 4 is 43.0 Å². The van der Waals surface area contributed by atoms with E-state index in [1.165, 1.54) is 24.9 Å². The summed E-state index contributed by atoms with van der Waals surface area (Å²) in [5.41, 5.74) is 1.72. The Hall–Kier alpha value is -1.96. The van der Waals surface area contributed by atoms with Crippen molar-refractivity contribution in [1.82, 2.24) is 19.9 Å². The summed E-state index contributed by atoms with van der Waals surface area (Å²) in [5.74, 6) is 0.386. The second-order valence-corrected chi connectivity index (χ2v) is 13.7. The molecular weight excluding hydrogens is 385 g/mol. The first-order chi connectivity index (χ1) is 10.6. The largest absolute Gasteiger partial charge is 0.872 e. The first-order valence-corrected chi connectivity index (χ1v) is 15.3. The third kappa shape index (κ3) is 4.52. The summed E-state index contributed by atoms with van der Waals surface area (Å²) in [4.78, 5) is 26.2. The predicted molar refractivity (Wildman–Crippen MR) is 88.2 cm³/mol. The minimum absolute atomic E-state index is 0.0730.